The van der Waals surface area contributed by atoms with E-state index in [0.29, 0.717) is 11.7 Å². The van der Waals surface area contributed by atoms with Crippen molar-refractivity contribution in [2.45, 2.75) is 25.9 Å². The first-order valence-electron chi connectivity index (χ1n) is 8.79. The van der Waals surface area contributed by atoms with E-state index in [-0.39, 0.29) is 36.4 Å². The van der Waals surface area contributed by atoms with Crippen molar-refractivity contribution in [2.75, 3.05) is 25.0 Å². The number of hydrogen-bond acceptors (Lipinski definition) is 7. The van der Waals surface area contributed by atoms with E-state index in [9.17, 15) is 19.7 Å². The first-order valence-corrected chi connectivity index (χ1v) is 9.67. The third-order valence-corrected chi connectivity index (χ3v) is 5.11. The second-order valence-electron chi connectivity index (χ2n) is 6.47. The van der Waals surface area contributed by atoms with E-state index in [4.69, 9.17) is 4.74 Å². The van der Waals surface area contributed by atoms with Crippen molar-refractivity contribution in [3.63, 3.8) is 0 Å². The van der Waals surface area contributed by atoms with Crippen LogP contribution in [0.25, 0.3) is 0 Å². The monoisotopic (exact) mass is 404 g/mol. The van der Waals surface area contributed by atoms with E-state index in [0.717, 1.165) is 18.5 Å². The Morgan fingerprint density at radius 2 is 2.29 bits per heavy atom. The second kappa shape index (κ2) is 8.89. The number of anilines is 1. The molecule has 148 valence electrons. The summed E-state index contributed by atoms with van der Waals surface area (Å²) in [6, 6.07) is 5.49. The SMILES string of the molecule is Cc1csc(NC(=O)CN(CC2CCCO2)C(=O)c2cccc([N+](=O)[O-])c2)n1. The fourth-order valence-corrected chi connectivity index (χ4v) is 3.64. The van der Waals surface area contributed by atoms with E-state index in [1.807, 2.05) is 12.3 Å². The number of nitro groups is 1. The van der Waals surface area contributed by atoms with Crippen molar-refractivity contribution in [3.05, 3.63) is 51.0 Å². The molecule has 1 aromatic carbocycles. The van der Waals surface area contributed by atoms with E-state index in [1.54, 1.807) is 0 Å². The number of nitrogens with zero attached hydrogens (tertiary/aromatic N) is 3. The highest BCUT2D eigenvalue weighted by Gasteiger charge is 2.26. The van der Waals surface area contributed by atoms with Crippen LogP contribution in [0.3, 0.4) is 0 Å². The number of hydrogen-bond donors (Lipinski definition) is 1. The summed E-state index contributed by atoms with van der Waals surface area (Å²) in [6.07, 6.45) is 1.54. The molecule has 9 nitrogen and oxygen atoms in total. The first kappa shape index (κ1) is 19.9. The quantitative estimate of drug-likeness (QED) is 0.560. The van der Waals surface area contributed by atoms with Gasteiger partial charge in [-0.3, -0.25) is 19.7 Å². The highest BCUT2D eigenvalue weighted by molar-refractivity contribution is 7.13. The number of amides is 2. The summed E-state index contributed by atoms with van der Waals surface area (Å²) in [5, 5.41) is 16.0. The molecule has 2 heterocycles. The summed E-state index contributed by atoms with van der Waals surface area (Å²) in [5.41, 5.74) is 0.778. The fraction of sp³-hybridized carbons (Fsp3) is 0.389. The lowest BCUT2D eigenvalue weighted by atomic mass is 10.1. The van der Waals surface area contributed by atoms with Gasteiger partial charge in [0, 0.05) is 36.2 Å². The number of nitro benzene ring substituents is 1. The molecule has 1 aromatic heterocycles. The van der Waals surface area contributed by atoms with Crippen LogP contribution in [0, 0.1) is 17.0 Å². The maximum atomic E-state index is 13.0. The lowest BCUT2D eigenvalue weighted by Gasteiger charge is -2.25. The van der Waals surface area contributed by atoms with Gasteiger partial charge < -0.3 is 15.0 Å². The minimum Gasteiger partial charge on any atom is -0.376 e. The maximum absolute atomic E-state index is 13.0. The van der Waals surface area contributed by atoms with Crippen LogP contribution in [-0.2, 0) is 9.53 Å². The van der Waals surface area contributed by atoms with Crippen LogP contribution < -0.4 is 5.32 Å². The minimum absolute atomic E-state index is 0.155. The highest BCUT2D eigenvalue weighted by Crippen LogP contribution is 2.19. The van der Waals surface area contributed by atoms with Crippen LogP contribution in [0.15, 0.2) is 29.6 Å². The number of benzene rings is 1. The zero-order valence-corrected chi connectivity index (χ0v) is 16.1. The summed E-state index contributed by atoms with van der Waals surface area (Å²) in [6.45, 7) is 2.49. The Morgan fingerprint density at radius 3 is 2.93 bits per heavy atom. The molecule has 1 aliphatic rings. The van der Waals surface area contributed by atoms with Crippen molar-refractivity contribution >= 4 is 34.0 Å². The molecule has 1 N–H and O–H groups in total. The molecule has 2 amide bonds. The van der Waals surface area contributed by atoms with Gasteiger partial charge in [-0.1, -0.05) is 6.07 Å². The van der Waals surface area contributed by atoms with Crippen LogP contribution in [0.5, 0.6) is 0 Å². The molecule has 1 unspecified atom stereocenters. The maximum Gasteiger partial charge on any atom is 0.270 e. The minimum atomic E-state index is -0.557. The molecule has 0 radical (unpaired) electrons. The molecule has 1 saturated heterocycles. The summed E-state index contributed by atoms with van der Waals surface area (Å²) < 4.78 is 5.59. The molecule has 1 fully saturated rings. The molecule has 0 saturated carbocycles. The lowest BCUT2D eigenvalue weighted by Crippen LogP contribution is -2.42. The molecule has 2 aromatic rings. The predicted molar refractivity (Wildman–Crippen MR) is 103 cm³/mol. The van der Waals surface area contributed by atoms with Gasteiger partial charge in [0.2, 0.25) is 5.91 Å². The summed E-state index contributed by atoms with van der Waals surface area (Å²) in [5.74, 6) is -0.837. The molecule has 10 heteroatoms. The highest BCUT2D eigenvalue weighted by atomic mass is 32.1. The Kier molecular flexibility index (Phi) is 6.32. The van der Waals surface area contributed by atoms with Gasteiger partial charge in [-0.2, -0.15) is 0 Å². The predicted octanol–water partition coefficient (Wildman–Crippen LogP) is 2.62. The Bertz CT molecular complexity index is 878. The van der Waals surface area contributed by atoms with Gasteiger partial charge >= 0.3 is 0 Å². The van der Waals surface area contributed by atoms with Crippen molar-refractivity contribution in [3.8, 4) is 0 Å². The van der Waals surface area contributed by atoms with E-state index in [2.05, 4.69) is 10.3 Å². The summed E-state index contributed by atoms with van der Waals surface area (Å²) in [7, 11) is 0. The molecule has 28 heavy (non-hydrogen) atoms. The zero-order chi connectivity index (χ0) is 20.1. The van der Waals surface area contributed by atoms with Gasteiger partial charge in [0.15, 0.2) is 5.13 Å². The summed E-state index contributed by atoms with van der Waals surface area (Å²) >= 11 is 1.30. The lowest BCUT2D eigenvalue weighted by molar-refractivity contribution is -0.384. The molecule has 1 aliphatic heterocycles. The first-order chi connectivity index (χ1) is 13.4. The van der Waals surface area contributed by atoms with Gasteiger partial charge in [0.1, 0.15) is 6.54 Å². The zero-order valence-electron chi connectivity index (χ0n) is 15.3. The number of non-ortho nitro benzene ring substituents is 1. The van der Waals surface area contributed by atoms with Crippen molar-refractivity contribution in [2.24, 2.45) is 0 Å². The van der Waals surface area contributed by atoms with E-state index < -0.39 is 10.8 Å². The van der Waals surface area contributed by atoms with Gasteiger partial charge in [0.25, 0.3) is 11.6 Å². The third-order valence-electron chi connectivity index (χ3n) is 4.24. The molecule has 0 spiro atoms. The number of carbonyl (C=O) groups excluding carboxylic acids is 2. The summed E-state index contributed by atoms with van der Waals surface area (Å²) in [4.78, 5) is 41.4. The molecule has 3 rings (SSSR count). The molecule has 1 atom stereocenters. The number of aryl methyl sites for hydroxylation is 1. The largest absolute Gasteiger partial charge is 0.376 e. The smallest absolute Gasteiger partial charge is 0.270 e. The Balaban J connectivity index is 1.75. The molecular formula is C18H20N4O5S. The number of ether oxygens (including phenoxy) is 1. The van der Waals surface area contributed by atoms with Gasteiger partial charge in [0.05, 0.1) is 16.7 Å². The van der Waals surface area contributed by atoms with Crippen molar-refractivity contribution in [1.82, 2.24) is 9.88 Å². The van der Waals surface area contributed by atoms with Crippen molar-refractivity contribution < 1.29 is 19.2 Å². The second-order valence-corrected chi connectivity index (χ2v) is 7.33. The Labute approximate surface area is 165 Å². The van der Waals surface area contributed by atoms with Crippen LogP contribution in [0.1, 0.15) is 28.9 Å². The average molecular weight is 404 g/mol. The Morgan fingerprint density at radius 1 is 1.46 bits per heavy atom. The molecular weight excluding hydrogens is 384 g/mol. The average Bonchev–Trinajstić information content (AvgIpc) is 3.32. The number of aromatic nitrogens is 1. The number of nitrogens with one attached hydrogen (secondary N) is 1. The van der Waals surface area contributed by atoms with E-state index >= 15 is 0 Å². The third kappa shape index (κ3) is 5.11. The number of carbonyl (C=O) groups is 2. The van der Waals surface area contributed by atoms with Gasteiger partial charge in [-0.25, -0.2) is 4.98 Å². The van der Waals surface area contributed by atoms with E-state index in [1.165, 1.54) is 40.5 Å². The fourth-order valence-electron chi connectivity index (χ4n) is 2.93. The topological polar surface area (TPSA) is 115 Å². The Hall–Kier alpha value is -2.85. The van der Waals surface area contributed by atoms with Crippen LogP contribution >= 0.6 is 11.3 Å². The van der Waals surface area contributed by atoms with Crippen LogP contribution in [0.2, 0.25) is 0 Å². The standard InChI is InChI=1S/C18H20N4O5S/c1-12-11-28-18(19-12)20-16(23)10-21(9-15-6-3-7-27-15)17(24)13-4-2-5-14(8-13)22(25)26/h2,4-5,8,11,15H,3,6-7,9-10H2,1H3,(H,19,20,23). The van der Waals surface area contributed by atoms with Gasteiger partial charge in [-0.05, 0) is 25.8 Å². The van der Waals surface area contributed by atoms with Gasteiger partial charge in [-0.15, -0.1) is 11.3 Å². The van der Waals surface area contributed by atoms with Crippen LogP contribution in [0.4, 0.5) is 10.8 Å². The number of rotatable bonds is 7. The molecule has 0 bridgehead atoms. The number of thiazole rings is 1. The van der Waals surface area contributed by atoms with Crippen LogP contribution in [-0.4, -0.2) is 52.4 Å². The normalized spacial score (nSPS) is 16.0. The molecule has 0 aliphatic carbocycles. The van der Waals surface area contributed by atoms with Crippen molar-refractivity contribution in [1.29, 1.82) is 0 Å².